The number of piperidine rings is 1. The fourth-order valence-corrected chi connectivity index (χ4v) is 2.76. The van der Waals surface area contributed by atoms with E-state index in [0.29, 0.717) is 6.54 Å². The molecule has 116 valence electrons. The Morgan fingerprint density at radius 1 is 1.10 bits per heavy atom. The Kier molecular flexibility index (Phi) is 6.30. The first-order valence-electron chi connectivity index (χ1n) is 8.33. The van der Waals surface area contributed by atoms with Crippen LogP contribution in [0.1, 0.15) is 39.5 Å². The fourth-order valence-electron chi connectivity index (χ4n) is 2.76. The summed E-state index contributed by atoms with van der Waals surface area (Å²) in [7, 11) is 0. The van der Waals surface area contributed by atoms with E-state index in [9.17, 15) is 4.79 Å². The Hall–Kier alpha value is -0.610. The fraction of sp³-hybridized carbons (Fsp3) is 0.938. The molecule has 0 aromatic heterocycles. The van der Waals surface area contributed by atoms with Crippen molar-refractivity contribution in [2.75, 3.05) is 39.3 Å². The topological polar surface area (TPSA) is 44.4 Å². The Morgan fingerprint density at radius 2 is 1.75 bits per heavy atom. The lowest BCUT2D eigenvalue weighted by Gasteiger charge is -2.31. The molecule has 1 heterocycles. The van der Waals surface area contributed by atoms with Crippen LogP contribution in [0, 0.1) is 17.8 Å². The van der Waals surface area contributed by atoms with Gasteiger partial charge < -0.3 is 10.6 Å². The highest BCUT2D eigenvalue weighted by molar-refractivity contribution is 5.78. The van der Waals surface area contributed by atoms with Crippen molar-refractivity contribution in [2.45, 2.75) is 39.5 Å². The summed E-state index contributed by atoms with van der Waals surface area (Å²) in [5.41, 5.74) is 0. The van der Waals surface area contributed by atoms with Crippen molar-refractivity contribution >= 4 is 5.91 Å². The zero-order valence-corrected chi connectivity index (χ0v) is 13.2. The third kappa shape index (κ3) is 6.23. The predicted molar refractivity (Wildman–Crippen MR) is 82.6 cm³/mol. The number of rotatable bonds is 8. The summed E-state index contributed by atoms with van der Waals surface area (Å²) >= 11 is 0. The van der Waals surface area contributed by atoms with E-state index in [-0.39, 0.29) is 5.91 Å². The van der Waals surface area contributed by atoms with Gasteiger partial charge in [0.2, 0.25) is 5.91 Å². The van der Waals surface area contributed by atoms with Gasteiger partial charge in [0, 0.05) is 6.54 Å². The van der Waals surface area contributed by atoms with Gasteiger partial charge in [-0.2, -0.15) is 0 Å². The number of amides is 1. The van der Waals surface area contributed by atoms with Gasteiger partial charge >= 0.3 is 0 Å². The molecule has 0 unspecified atom stereocenters. The minimum atomic E-state index is 0.216. The summed E-state index contributed by atoms with van der Waals surface area (Å²) in [5, 5.41) is 6.61. The van der Waals surface area contributed by atoms with E-state index in [2.05, 4.69) is 29.4 Å². The Morgan fingerprint density at radius 3 is 2.35 bits per heavy atom. The molecule has 1 amide bonds. The van der Waals surface area contributed by atoms with E-state index < -0.39 is 0 Å². The van der Waals surface area contributed by atoms with Gasteiger partial charge in [0.25, 0.3) is 0 Å². The van der Waals surface area contributed by atoms with Gasteiger partial charge in [-0.3, -0.25) is 9.69 Å². The zero-order chi connectivity index (χ0) is 14.4. The normalized spacial score (nSPS) is 21.4. The van der Waals surface area contributed by atoms with Crippen molar-refractivity contribution in [3.63, 3.8) is 0 Å². The van der Waals surface area contributed by atoms with Crippen molar-refractivity contribution in [1.82, 2.24) is 15.5 Å². The lowest BCUT2D eigenvalue weighted by atomic mass is 9.96. The maximum Gasteiger partial charge on any atom is 0.234 e. The van der Waals surface area contributed by atoms with E-state index in [1.807, 2.05) is 0 Å². The molecule has 0 aromatic rings. The number of hydrogen-bond donors (Lipinski definition) is 2. The first-order chi connectivity index (χ1) is 9.63. The quantitative estimate of drug-likeness (QED) is 0.708. The lowest BCUT2D eigenvalue weighted by Crippen LogP contribution is -2.43. The third-order valence-electron chi connectivity index (χ3n) is 4.34. The van der Waals surface area contributed by atoms with Crippen LogP contribution in [0.3, 0.4) is 0 Å². The van der Waals surface area contributed by atoms with Crippen LogP contribution in [-0.4, -0.2) is 50.1 Å². The Bertz CT molecular complexity index is 294. The van der Waals surface area contributed by atoms with Crippen molar-refractivity contribution in [1.29, 1.82) is 0 Å². The maximum absolute atomic E-state index is 11.8. The summed E-state index contributed by atoms with van der Waals surface area (Å²) < 4.78 is 0. The number of hydrogen-bond acceptors (Lipinski definition) is 3. The van der Waals surface area contributed by atoms with E-state index in [0.717, 1.165) is 50.5 Å². The van der Waals surface area contributed by atoms with Crippen LogP contribution in [0.4, 0.5) is 0 Å². The average molecular weight is 281 g/mol. The molecule has 2 N–H and O–H groups in total. The third-order valence-corrected chi connectivity index (χ3v) is 4.34. The Balaban J connectivity index is 1.52. The number of carbonyl (C=O) groups excluding carboxylic acids is 1. The lowest BCUT2D eigenvalue weighted by molar-refractivity contribution is -0.122. The molecular weight excluding hydrogens is 250 g/mol. The summed E-state index contributed by atoms with van der Waals surface area (Å²) in [6.45, 7) is 10.4. The average Bonchev–Trinajstić information content (AvgIpc) is 3.22. The van der Waals surface area contributed by atoms with Gasteiger partial charge in [0.05, 0.1) is 6.54 Å². The van der Waals surface area contributed by atoms with Crippen LogP contribution in [0.15, 0.2) is 0 Å². The van der Waals surface area contributed by atoms with Gasteiger partial charge in [-0.05, 0) is 69.6 Å². The molecule has 0 radical (unpaired) electrons. The molecule has 1 aliphatic carbocycles. The molecule has 0 atom stereocenters. The minimum Gasteiger partial charge on any atom is -0.355 e. The summed E-state index contributed by atoms with van der Waals surface area (Å²) in [6.07, 6.45) is 5.05. The zero-order valence-electron chi connectivity index (χ0n) is 13.2. The molecule has 20 heavy (non-hydrogen) atoms. The first kappa shape index (κ1) is 15.8. The largest absolute Gasteiger partial charge is 0.355 e. The van der Waals surface area contributed by atoms with Gasteiger partial charge in [-0.15, -0.1) is 0 Å². The molecule has 2 rings (SSSR count). The maximum atomic E-state index is 11.8. The first-order valence-corrected chi connectivity index (χ1v) is 8.33. The molecule has 4 nitrogen and oxygen atoms in total. The molecule has 1 saturated heterocycles. The van der Waals surface area contributed by atoms with Gasteiger partial charge in [-0.25, -0.2) is 0 Å². The van der Waals surface area contributed by atoms with Crippen molar-refractivity contribution in [3.05, 3.63) is 0 Å². The molecule has 0 aromatic carbocycles. The summed E-state index contributed by atoms with van der Waals surface area (Å²) in [5.74, 6) is 2.51. The highest BCUT2D eigenvalue weighted by atomic mass is 16.2. The monoisotopic (exact) mass is 281 g/mol. The summed E-state index contributed by atoms with van der Waals surface area (Å²) in [4.78, 5) is 14.1. The van der Waals surface area contributed by atoms with Crippen LogP contribution >= 0.6 is 0 Å². The standard InChI is InChI=1S/C16H31N3O/c1-13(2)9-17-10-15-5-7-19(8-6-15)12-16(20)18-11-14-3-4-14/h13-15,17H,3-12H2,1-2H3,(H,18,20). The van der Waals surface area contributed by atoms with E-state index in [1.54, 1.807) is 0 Å². The second-order valence-corrected chi connectivity index (χ2v) is 7.02. The second-order valence-electron chi connectivity index (χ2n) is 7.02. The molecule has 4 heteroatoms. The van der Waals surface area contributed by atoms with Gasteiger partial charge in [0.1, 0.15) is 0 Å². The second kappa shape index (κ2) is 7.99. The van der Waals surface area contributed by atoms with Crippen LogP contribution < -0.4 is 10.6 Å². The predicted octanol–water partition coefficient (Wildman–Crippen LogP) is 1.47. The molecule has 2 aliphatic rings. The van der Waals surface area contributed by atoms with Crippen LogP contribution in [-0.2, 0) is 4.79 Å². The van der Waals surface area contributed by atoms with Crippen molar-refractivity contribution in [3.8, 4) is 0 Å². The van der Waals surface area contributed by atoms with Crippen LogP contribution in [0.5, 0.6) is 0 Å². The smallest absolute Gasteiger partial charge is 0.234 e. The van der Waals surface area contributed by atoms with Gasteiger partial charge in [0.15, 0.2) is 0 Å². The van der Waals surface area contributed by atoms with E-state index in [4.69, 9.17) is 0 Å². The van der Waals surface area contributed by atoms with E-state index >= 15 is 0 Å². The molecule has 0 spiro atoms. The number of nitrogens with zero attached hydrogens (tertiary/aromatic N) is 1. The molecule has 2 fully saturated rings. The van der Waals surface area contributed by atoms with Crippen LogP contribution in [0.2, 0.25) is 0 Å². The number of carbonyl (C=O) groups is 1. The number of likely N-dealkylation sites (tertiary alicyclic amines) is 1. The molecule has 1 aliphatic heterocycles. The molecular formula is C16H31N3O. The van der Waals surface area contributed by atoms with Crippen molar-refractivity contribution in [2.24, 2.45) is 17.8 Å². The Labute approximate surface area is 123 Å². The summed E-state index contributed by atoms with van der Waals surface area (Å²) in [6, 6.07) is 0. The van der Waals surface area contributed by atoms with Crippen molar-refractivity contribution < 1.29 is 4.79 Å². The molecule has 0 bridgehead atoms. The highest BCUT2D eigenvalue weighted by Crippen LogP contribution is 2.27. The SMILES string of the molecule is CC(C)CNCC1CCN(CC(=O)NCC2CC2)CC1. The van der Waals surface area contributed by atoms with Gasteiger partial charge in [-0.1, -0.05) is 13.8 Å². The highest BCUT2D eigenvalue weighted by Gasteiger charge is 2.23. The number of nitrogens with one attached hydrogen (secondary N) is 2. The minimum absolute atomic E-state index is 0.216. The molecule has 1 saturated carbocycles. The van der Waals surface area contributed by atoms with Crippen LogP contribution in [0.25, 0.3) is 0 Å². The van der Waals surface area contributed by atoms with E-state index in [1.165, 1.54) is 25.7 Å².